The first kappa shape index (κ1) is 20.3. The maximum absolute atomic E-state index is 12.1. The van der Waals surface area contributed by atoms with Gasteiger partial charge in [0.1, 0.15) is 11.5 Å². The molecule has 1 heterocycles. The van der Waals surface area contributed by atoms with Crippen molar-refractivity contribution in [2.24, 2.45) is 5.73 Å². The molecule has 0 radical (unpaired) electrons. The van der Waals surface area contributed by atoms with Crippen molar-refractivity contribution in [3.8, 4) is 11.8 Å². The number of nitrogens with one attached hydrogen (secondary N) is 1. The van der Waals surface area contributed by atoms with Crippen LogP contribution in [0.15, 0.2) is 42.5 Å². The summed E-state index contributed by atoms with van der Waals surface area (Å²) in [7, 11) is 3.91. The van der Waals surface area contributed by atoms with Crippen molar-refractivity contribution in [1.29, 1.82) is 0 Å². The van der Waals surface area contributed by atoms with E-state index in [4.69, 9.17) is 11.5 Å². The summed E-state index contributed by atoms with van der Waals surface area (Å²) in [6.45, 7) is 0. The minimum absolute atomic E-state index is 0. The van der Waals surface area contributed by atoms with Gasteiger partial charge in [0, 0.05) is 31.9 Å². The van der Waals surface area contributed by atoms with Gasteiger partial charge in [0.25, 0.3) is 0 Å². The predicted molar refractivity (Wildman–Crippen MR) is 105 cm³/mol. The highest BCUT2D eigenvalue weighted by molar-refractivity contribution is 5.95. The average molecular weight is 360 g/mol. The molecule has 1 aromatic carbocycles. The summed E-state index contributed by atoms with van der Waals surface area (Å²) in [5, 5.41) is 2.78. The molecule has 0 aliphatic heterocycles. The first-order valence-electron chi connectivity index (χ1n) is 7.51. The van der Waals surface area contributed by atoms with Gasteiger partial charge in [-0.05, 0) is 42.3 Å². The molecule has 1 atom stereocenters. The molecule has 0 aliphatic rings. The number of halogens is 1. The number of nitrogens with two attached hydrogens (primary N) is 2. The molecule has 2 rings (SSSR count). The lowest BCUT2D eigenvalue weighted by atomic mass is 10.2. The number of rotatable bonds is 4. The van der Waals surface area contributed by atoms with Crippen LogP contribution in [0.2, 0.25) is 0 Å². The van der Waals surface area contributed by atoms with Crippen LogP contribution in [-0.4, -0.2) is 31.0 Å². The third-order valence-electron chi connectivity index (χ3n) is 3.30. The van der Waals surface area contributed by atoms with E-state index in [1.54, 1.807) is 18.2 Å². The number of carbonyl (C=O) groups is 1. The van der Waals surface area contributed by atoms with Crippen LogP contribution in [0.5, 0.6) is 0 Å². The number of pyridine rings is 1. The second kappa shape index (κ2) is 9.52. The van der Waals surface area contributed by atoms with E-state index in [1.165, 1.54) is 0 Å². The van der Waals surface area contributed by atoms with Crippen LogP contribution in [0, 0.1) is 11.8 Å². The number of carbonyl (C=O) groups excluding carboxylic acids is 1. The Morgan fingerprint density at radius 2 is 1.92 bits per heavy atom. The maximum atomic E-state index is 12.1. The Labute approximate surface area is 154 Å². The van der Waals surface area contributed by atoms with Gasteiger partial charge >= 0.3 is 0 Å². The first-order chi connectivity index (χ1) is 11.5. The summed E-state index contributed by atoms with van der Waals surface area (Å²) in [4.78, 5) is 18.1. The monoisotopic (exact) mass is 359 g/mol. The lowest BCUT2D eigenvalue weighted by Crippen LogP contribution is -2.35. The van der Waals surface area contributed by atoms with Gasteiger partial charge in [0.05, 0.1) is 6.04 Å². The van der Waals surface area contributed by atoms with Crippen LogP contribution in [0.25, 0.3) is 0 Å². The molecule has 2 aromatic rings. The topological polar surface area (TPSA) is 97.3 Å². The van der Waals surface area contributed by atoms with Gasteiger partial charge in [-0.1, -0.05) is 12.0 Å². The fraction of sp³-hybridized carbons (Fsp3) is 0.222. The number of aromatic nitrogens is 1. The largest absolute Gasteiger partial charge is 0.384 e. The Morgan fingerprint density at radius 3 is 2.52 bits per heavy atom. The van der Waals surface area contributed by atoms with Crippen LogP contribution in [0.4, 0.5) is 17.2 Å². The molecular weight excluding hydrogens is 338 g/mol. The third kappa shape index (κ3) is 6.34. The summed E-state index contributed by atoms with van der Waals surface area (Å²) < 4.78 is 0. The summed E-state index contributed by atoms with van der Waals surface area (Å²) in [6.07, 6.45) is 0.234. The van der Waals surface area contributed by atoms with E-state index in [9.17, 15) is 4.79 Å². The lowest BCUT2D eigenvalue weighted by Gasteiger charge is -2.14. The van der Waals surface area contributed by atoms with E-state index in [0.717, 1.165) is 5.69 Å². The zero-order chi connectivity index (χ0) is 17.5. The molecule has 5 N–H and O–H groups in total. The molecule has 0 spiro atoms. The molecule has 1 aromatic heterocycles. The minimum Gasteiger partial charge on any atom is -0.384 e. The fourth-order valence-corrected chi connectivity index (χ4v) is 1.94. The standard InChI is InChI=1S/C18H21N5O.ClH/c1-23(2)15-11-9-14(10-12-15)22-18(24)16(19)7-3-5-13-6-4-8-17(20)21-13;/h4,6,8-12,16H,7,19H2,1-2H3,(H2,20,21)(H,22,24);1H. The summed E-state index contributed by atoms with van der Waals surface area (Å²) >= 11 is 0. The molecule has 0 bridgehead atoms. The lowest BCUT2D eigenvalue weighted by molar-refractivity contribution is -0.117. The van der Waals surface area contributed by atoms with Gasteiger partial charge in [0.15, 0.2) is 0 Å². The van der Waals surface area contributed by atoms with Crippen LogP contribution in [-0.2, 0) is 4.79 Å². The number of nitrogens with zero attached hydrogens (tertiary/aromatic N) is 2. The summed E-state index contributed by atoms with van der Waals surface area (Å²) in [5.74, 6) is 5.84. The number of anilines is 3. The second-order valence-electron chi connectivity index (χ2n) is 5.49. The number of hydrogen-bond donors (Lipinski definition) is 3. The Hall–Kier alpha value is -2.75. The van der Waals surface area contributed by atoms with Crippen LogP contribution < -0.4 is 21.7 Å². The second-order valence-corrected chi connectivity index (χ2v) is 5.49. The van der Waals surface area contributed by atoms with E-state index in [1.807, 2.05) is 43.3 Å². The Kier molecular flexibility index (Phi) is 7.73. The van der Waals surface area contributed by atoms with Gasteiger partial charge in [-0.3, -0.25) is 4.79 Å². The zero-order valence-electron chi connectivity index (χ0n) is 14.2. The maximum Gasteiger partial charge on any atom is 0.242 e. The molecule has 0 saturated carbocycles. The molecule has 25 heavy (non-hydrogen) atoms. The van der Waals surface area contributed by atoms with Gasteiger partial charge in [-0.25, -0.2) is 4.98 Å². The quantitative estimate of drug-likeness (QED) is 0.724. The highest BCUT2D eigenvalue weighted by Crippen LogP contribution is 2.15. The first-order valence-corrected chi connectivity index (χ1v) is 7.51. The minimum atomic E-state index is -0.716. The van der Waals surface area contributed by atoms with Gasteiger partial charge in [-0.2, -0.15) is 0 Å². The van der Waals surface area contributed by atoms with E-state index in [2.05, 4.69) is 22.1 Å². The number of nitrogen functional groups attached to an aromatic ring is 1. The number of hydrogen-bond acceptors (Lipinski definition) is 5. The van der Waals surface area contributed by atoms with Crippen molar-refractivity contribution in [3.63, 3.8) is 0 Å². The number of benzene rings is 1. The van der Waals surface area contributed by atoms with Gasteiger partial charge in [-0.15, -0.1) is 12.4 Å². The van der Waals surface area contributed by atoms with Crippen molar-refractivity contribution < 1.29 is 4.79 Å². The van der Waals surface area contributed by atoms with Gasteiger partial charge < -0.3 is 21.7 Å². The Balaban J connectivity index is 0.00000312. The fourth-order valence-electron chi connectivity index (χ4n) is 1.94. The summed E-state index contributed by atoms with van der Waals surface area (Å²) in [6, 6.07) is 12.0. The van der Waals surface area contributed by atoms with Gasteiger partial charge in [0.2, 0.25) is 5.91 Å². The van der Waals surface area contributed by atoms with Crippen molar-refractivity contribution in [1.82, 2.24) is 4.98 Å². The van der Waals surface area contributed by atoms with E-state index >= 15 is 0 Å². The smallest absolute Gasteiger partial charge is 0.242 e. The summed E-state index contributed by atoms with van der Waals surface area (Å²) in [5.41, 5.74) is 13.8. The SMILES string of the molecule is CN(C)c1ccc(NC(=O)C(N)CC#Cc2cccc(N)n2)cc1.Cl. The number of amides is 1. The molecule has 1 amide bonds. The van der Waals surface area contributed by atoms with Crippen molar-refractivity contribution in [3.05, 3.63) is 48.2 Å². The predicted octanol–water partition coefficient (Wildman–Crippen LogP) is 1.86. The molecule has 6 nitrogen and oxygen atoms in total. The van der Waals surface area contributed by atoms with Crippen LogP contribution in [0.3, 0.4) is 0 Å². The Bertz CT molecular complexity index is 765. The van der Waals surface area contributed by atoms with E-state index < -0.39 is 6.04 Å². The third-order valence-corrected chi connectivity index (χ3v) is 3.30. The molecular formula is C18H22ClN5O. The average Bonchev–Trinajstić information content (AvgIpc) is 2.55. The normalized spacial score (nSPS) is 10.7. The Morgan fingerprint density at radius 1 is 1.24 bits per heavy atom. The molecule has 0 fully saturated rings. The molecule has 0 aliphatic carbocycles. The van der Waals surface area contributed by atoms with Crippen molar-refractivity contribution in [2.75, 3.05) is 30.0 Å². The van der Waals surface area contributed by atoms with E-state index in [0.29, 0.717) is 17.2 Å². The van der Waals surface area contributed by atoms with Crippen molar-refractivity contribution >= 4 is 35.5 Å². The molecule has 0 saturated heterocycles. The molecule has 1 unspecified atom stereocenters. The highest BCUT2D eigenvalue weighted by atomic mass is 35.5. The van der Waals surface area contributed by atoms with E-state index in [-0.39, 0.29) is 24.7 Å². The molecule has 7 heteroatoms. The zero-order valence-corrected chi connectivity index (χ0v) is 15.0. The van der Waals surface area contributed by atoms with Crippen LogP contribution >= 0.6 is 12.4 Å². The molecule has 132 valence electrons. The van der Waals surface area contributed by atoms with Crippen molar-refractivity contribution in [2.45, 2.75) is 12.5 Å². The van der Waals surface area contributed by atoms with Crippen LogP contribution in [0.1, 0.15) is 12.1 Å². The highest BCUT2D eigenvalue weighted by Gasteiger charge is 2.12.